The number of hydrogen-bond donors (Lipinski definition) is 1. The fraction of sp³-hybridized carbons (Fsp3) is 0.316. The van der Waals surface area contributed by atoms with Crippen LogP contribution in [0.4, 0.5) is 4.79 Å². The topological polar surface area (TPSA) is 97.3 Å². The highest BCUT2D eigenvalue weighted by Crippen LogP contribution is 2.33. The molecule has 1 saturated heterocycles. The molecule has 2 unspecified atom stereocenters. The fourth-order valence-electron chi connectivity index (χ4n) is 3.80. The number of allylic oxidation sites excluding steroid dienone is 1. The molecule has 1 fully saturated rings. The normalized spacial score (nSPS) is 26.3. The summed E-state index contributed by atoms with van der Waals surface area (Å²) in [6.07, 6.45) is 5.57. The van der Waals surface area contributed by atoms with Crippen LogP contribution in [0.2, 0.25) is 0 Å². The number of piperidine rings is 1. The van der Waals surface area contributed by atoms with Crippen LogP contribution in [0.25, 0.3) is 0 Å². The van der Waals surface area contributed by atoms with E-state index in [1.54, 1.807) is 18.6 Å². The maximum absolute atomic E-state index is 11.9. The third-order valence-electron chi connectivity index (χ3n) is 5.28. The molecular formula is C19H21BrN6O2. The van der Waals surface area contributed by atoms with Crippen LogP contribution < -0.4 is 10.9 Å². The number of halogens is 1. The maximum atomic E-state index is 11.9. The molecule has 3 heterocycles. The first kappa shape index (κ1) is 18.9. The molecule has 1 aromatic carbocycles. The highest BCUT2D eigenvalue weighted by Gasteiger charge is 2.44. The first-order valence-corrected chi connectivity index (χ1v) is 9.92. The summed E-state index contributed by atoms with van der Waals surface area (Å²) in [5.74, 6) is 7.16. The van der Waals surface area contributed by atoms with Crippen molar-refractivity contribution in [2.75, 3.05) is 13.1 Å². The van der Waals surface area contributed by atoms with Crippen molar-refractivity contribution in [1.82, 2.24) is 9.80 Å². The lowest BCUT2D eigenvalue weighted by Gasteiger charge is -2.41. The van der Waals surface area contributed by atoms with Crippen molar-refractivity contribution < 1.29 is 14.5 Å². The number of hydrogen-bond acceptors (Lipinski definition) is 6. The van der Waals surface area contributed by atoms with E-state index in [1.807, 2.05) is 30.3 Å². The Hall–Kier alpha value is -2.49. The standard InChI is InChI=1S/C19H21BrN6O2/c20-18-23-17(16-11-22-8-10-26(16,18)21)24-9-4-7-15(13-24)25(19(27)28)12-14-5-2-1-3-6-14/h1-3,5-6,8,10-11,15H,4,7,9,12-13,21H2. The van der Waals surface area contributed by atoms with E-state index in [0.29, 0.717) is 17.8 Å². The van der Waals surface area contributed by atoms with Gasteiger partial charge in [-0.3, -0.25) is 4.99 Å². The molecule has 28 heavy (non-hydrogen) atoms. The summed E-state index contributed by atoms with van der Waals surface area (Å²) in [4.78, 5) is 24.2. The van der Waals surface area contributed by atoms with E-state index >= 15 is 0 Å². The number of carbonyl (C=O) groups excluding carboxylic acids is 1. The van der Waals surface area contributed by atoms with Crippen molar-refractivity contribution >= 4 is 33.0 Å². The number of carboxylic acid groups (broad SMARTS) is 1. The third-order valence-corrected chi connectivity index (χ3v) is 6.05. The van der Waals surface area contributed by atoms with Gasteiger partial charge in [0.15, 0.2) is 0 Å². The van der Waals surface area contributed by atoms with E-state index in [2.05, 4.69) is 30.8 Å². The van der Waals surface area contributed by atoms with Crippen LogP contribution >= 0.6 is 15.9 Å². The molecule has 3 aliphatic rings. The summed E-state index contributed by atoms with van der Waals surface area (Å²) in [6, 6.07) is 9.38. The molecule has 2 atom stereocenters. The minimum Gasteiger partial charge on any atom is -0.530 e. The highest BCUT2D eigenvalue weighted by molar-refractivity contribution is 9.18. The van der Waals surface area contributed by atoms with Gasteiger partial charge in [-0.05, 0) is 18.4 Å². The number of carbonyl (C=O) groups is 1. The molecule has 0 radical (unpaired) electrons. The lowest BCUT2D eigenvalue weighted by Crippen LogP contribution is -2.54. The summed E-state index contributed by atoms with van der Waals surface area (Å²) < 4.78 is 0.511. The number of rotatable bonds is 4. The lowest BCUT2D eigenvalue weighted by molar-refractivity contribution is -0.746. The molecule has 4 rings (SSSR count). The second-order valence-corrected chi connectivity index (χ2v) is 7.77. The van der Waals surface area contributed by atoms with E-state index in [4.69, 9.17) is 5.84 Å². The first-order valence-electron chi connectivity index (χ1n) is 9.13. The maximum Gasteiger partial charge on any atom is 0.302 e. The van der Waals surface area contributed by atoms with Gasteiger partial charge in [0.25, 0.3) is 0 Å². The quantitative estimate of drug-likeness (QED) is 0.431. The molecule has 9 heteroatoms. The van der Waals surface area contributed by atoms with Crippen LogP contribution in [0.1, 0.15) is 18.4 Å². The second kappa shape index (κ2) is 7.50. The van der Waals surface area contributed by atoms with E-state index in [1.165, 1.54) is 4.90 Å². The zero-order valence-electron chi connectivity index (χ0n) is 15.2. The predicted octanol–water partition coefficient (Wildman–Crippen LogP) is 1.48. The Balaban J connectivity index is 1.57. The van der Waals surface area contributed by atoms with E-state index < -0.39 is 6.09 Å². The SMILES string of the molecule is N[N+]12C=CN=CC1=C(N1CCCC(N(Cc3ccccc3)C(=O)[O-])C1)N=C2Br. The number of likely N-dealkylation sites (tertiary alicyclic amines) is 1. The first-order chi connectivity index (χ1) is 13.5. The number of quaternary nitrogens is 1. The number of aliphatic imine (C=N–C) groups is 2. The number of amidine groups is 1. The van der Waals surface area contributed by atoms with Gasteiger partial charge in [-0.25, -0.2) is 0 Å². The monoisotopic (exact) mass is 444 g/mol. The number of nitrogens with zero attached hydrogens (tertiary/aromatic N) is 5. The smallest absolute Gasteiger partial charge is 0.302 e. The largest absolute Gasteiger partial charge is 0.530 e. The van der Waals surface area contributed by atoms with E-state index in [0.717, 1.165) is 36.5 Å². The van der Waals surface area contributed by atoms with Gasteiger partial charge < -0.3 is 19.7 Å². The average Bonchev–Trinajstić information content (AvgIpc) is 2.98. The van der Waals surface area contributed by atoms with Gasteiger partial charge in [-0.15, -0.1) is 4.59 Å². The van der Waals surface area contributed by atoms with Gasteiger partial charge in [-0.1, -0.05) is 30.3 Å². The number of amides is 1. The molecule has 8 nitrogen and oxygen atoms in total. The lowest BCUT2D eigenvalue weighted by atomic mass is 10.0. The van der Waals surface area contributed by atoms with Crippen LogP contribution in [0, 0.1) is 0 Å². The van der Waals surface area contributed by atoms with E-state index in [-0.39, 0.29) is 10.6 Å². The second-order valence-electron chi connectivity index (χ2n) is 7.06. The van der Waals surface area contributed by atoms with Gasteiger partial charge in [0, 0.05) is 41.6 Å². The van der Waals surface area contributed by atoms with Crippen LogP contribution in [0.5, 0.6) is 0 Å². The Kier molecular flexibility index (Phi) is 5.05. The minimum atomic E-state index is -1.16. The van der Waals surface area contributed by atoms with Gasteiger partial charge in [-0.2, -0.15) is 10.8 Å². The summed E-state index contributed by atoms with van der Waals surface area (Å²) in [5, 5.41) is 11.9. The average molecular weight is 445 g/mol. The van der Waals surface area contributed by atoms with Gasteiger partial charge in [0.05, 0.1) is 12.4 Å². The van der Waals surface area contributed by atoms with Crippen molar-refractivity contribution in [3.8, 4) is 0 Å². The van der Waals surface area contributed by atoms with Crippen molar-refractivity contribution in [3.63, 3.8) is 0 Å². The fourth-order valence-corrected chi connectivity index (χ4v) is 4.28. The summed E-state index contributed by atoms with van der Waals surface area (Å²) in [6.45, 7) is 1.62. The van der Waals surface area contributed by atoms with Crippen molar-refractivity contribution in [2.24, 2.45) is 15.8 Å². The van der Waals surface area contributed by atoms with E-state index in [9.17, 15) is 9.90 Å². The molecule has 1 aromatic rings. The van der Waals surface area contributed by atoms with Crippen LogP contribution in [-0.2, 0) is 6.54 Å². The molecule has 3 aliphatic heterocycles. The van der Waals surface area contributed by atoms with Gasteiger partial charge in [0.2, 0.25) is 11.5 Å². The summed E-state index contributed by atoms with van der Waals surface area (Å²) in [5.41, 5.74) is 1.70. The third kappa shape index (κ3) is 3.36. The Morgan fingerprint density at radius 2 is 2.18 bits per heavy atom. The molecular weight excluding hydrogens is 424 g/mol. The van der Waals surface area contributed by atoms with Crippen LogP contribution in [0.3, 0.4) is 0 Å². The number of benzene rings is 1. The van der Waals surface area contributed by atoms with Crippen molar-refractivity contribution in [1.29, 1.82) is 0 Å². The molecule has 0 bridgehead atoms. The highest BCUT2D eigenvalue weighted by atomic mass is 79.9. The van der Waals surface area contributed by atoms with Gasteiger partial charge in [0.1, 0.15) is 12.3 Å². The predicted molar refractivity (Wildman–Crippen MR) is 107 cm³/mol. The van der Waals surface area contributed by atoms with Crippen LogP contribution in [-0.4, -0.2) is 50.6 Å². The zero-order chi connectivity index (χ0) is 19.7. The van der Waals surface area contributed by atoms with Crippen LogP contribution in [0.15, 0.2) is 64.2 Å². The summed E-state index contributed by atoms with van der Waals surface area (Å²) in [7, 11) is 0. The Morgan fingerprint density at radius 1 is 1.39 bits per heavy atom. The molecule has 0 aromatic heterocycles. The zero-order valence-corrected chi connectivity index (χ0v) is 16.8. The van der Waals surface area contributed by atoms with Gasteiger partial charge >= 0.3 is 4.74 Å². The molecule has 0 aliphatic carbocycles. The Bertz CT molecular complexity index is 897. The molecule has 146 valence electrons. The molecule has 0 saturated carbocycles. The number of nitrogens with two attached hydrogens (primary N) is 1. The van der Waals surface area contributed by atoms with Crippen molar-refractivity contribution in [2.45, 2.75) is 25.4 Å². The number of fused-ring (bicyclic) bond motifs is 1. The molecule has 0 spiro atoms. The Labute approximate surface area is 171 Å². The molecule has 2 N–H and O–H groups in total. The minimum absolute atomic E-state index is 0.0613. The summed E-state index contributed by atoms with van der Waals surface area (Å²) >= 11 is 3.46. The Morgan fingerprint density at radius 3 is 2.93 bits per heavy atom. The van der Waals surface area contributed by atoms with Crippen molar-refractivity contribution in [3.05, 3.63) is 59.8 Å². The molecule has 1 amide bonds.